The zero-order valence-corrected chi connectivity index (χ0v) is 10.4. The molecule has 2 heteroatoms. The average molecular weight is 231 g/mol. The van der Waals surface area contributed by atoms with E-state index in [1.807, 2.05) is 0 Å². The van der Waals surface area contributed by atoms with Crippen LogP contribution in [0, 0.1) is 0 Å². The fourth-order valence-electron chi connectivity index (χ4n) is 3.08. The molecule has 0 aromatic heterocycles. The van der Waals surface area contributed by atoms with Gasteiger partial charge in [-0.05, 0) is 24.8 Å². The standard InChI is InChI=1S/C15H22N2/c16-12-6-8-13(9-7-12)17-15-10-14(15)11-4-2-1-3-5-11/h1-5,12-15,17H,6-10,16H2/p+1. The van der Waals surface area contributed by atoms with Gasteiger partial charge in [0.15, 0.2) is 0 Å². The number of nitrogens with one attached hydrogen (secondary N) is 1. The average Bonchev–Trinajstić information content (AvgIpc) is 3.13. The van der Waals surface area contributed by atoms with Gasteiger partial charge in [-0.2, -0.15) is 0 Å². The molecule has 0 saturated heterocycles. The van der Waals surface area contributed by atoms with Crippen molar-refractivity contribution in [2.24, 2.45) is 0 Å². The van der Waals surface area contributed by atoms with E-state index in [2.05, 4.69) is 41.4 Å². The third-order valence-electron chi connectivity index (χ3n) is 4.31. The summed E-state index contributed by atoms with van der Waals surface area (Å²) in [4.78, 5) is 0. The Bertz CT molecular complexity index is 354. The van der Waals surface area contributed by atoms with Gasteiger partial charge < -0.3 is 11.1 Å². The maximum absolute atomic E-state index is 4.16. The second-order valence-electron chi connectivity index (χ2n) is 5.74. The third-order valence-corrected chi connectivity index (χ3v) is 4.31. The van der Waals surface area contributed by atoms with Gasteiger partial charge in [0.1, 0.15) is 0 Å². The molecule has 2 atom stereocenters. The van der Waals surface area contributed by atoms with Crippen LogP contribution in [0.2, 0.25) is 0 Å². The maximum Gasteiger partial charge on any atom is 0.0844 e. The zero-order valence-electron chi connectivity index (χ0n) is 10.4. The number of benzene rings is 1. The Morgan fingerprint density at radius 3 is 2.41 bits per heavy atom. The molecular weight excluding hydrogens is 208 g/mol. The lowest BCUT2D eigenvalue weighted by atomic mass is 9.92. The minimum Gasteiger partial charge on any atom is -0.355 e. The molecule has 2 nitrogen and oxygen atoms in total. The van der Waals surface area contributed by atoms with E-state index >= 15 is 0 Å². The molecule has 0 radical (unpaired) electrons. The Hall–Kier alpha value is -0.860. The molecule has 0 amide bonds. The highest BCUT2D eigenvalue weighted by Gasteiger charge is 2.39. The fourth-order valence-corrected chi connectivity index (χ4v) is 3.08. The van der Waals surface area contributed by atoms with E-state index in [0.717, 1.165) is 18.0 Å². The molecule has 92 valence electrons. The van der Waals surface area contributed by atoms with E-state index in [4.69, 9.17) is 0 Å². The second kappa shape index (κ2) is 4.79. The molecule has 0 spiro atoms. The first-order valence-electron chi connectivity index (χ1n) is 6.97. The van der Waals surface area contributed by atoms with Crippen molar-refractivity contribution in [3.8, 4) is 0 Å². The summed E-state index contributed by atoms with van der Waals surface area (Å²) in [6, 6.07) is 13.1. The van der Waals surface area contributed by atoms with Crippen LogP contribution in [-0.4, -0.2) is 18.1 Å². The highest BCUT2D eigenvalue weighted by atomic mass is 15.0. The summed E-state index contributed by atoms with van der Waals surface area (Å²) >= 11 is 0. The summed E-state index contributed by atoms with van der Waals surface area (Å²) < 4.78 is 0. The van der Waals surface area contributed by atoms with Crippen molar-refractivity contribution in [1.82, 2.24) is 5.32 Å². The van der Waals surface area contributed by atoms with Crippen molar-refractivity contribution in [1.29, 1.82) is 0 Å². The van der Waals surface area contributed by atoms with Crippen LogP contribution in [0.3, 0.4) is 0 Å². The number of quaternary nitrogens is 1. The first kappa shape index (κ1) is 11.2. The van der Waals surface area contributed by atoms with Gasteiger partial charge >= 0.3 is 0 Å². The monoisotopic (exact) mass is 231 g/mol. The molecule has 0 heterocycles. The summed E-state index contributed by atoms with van der Waals surface area (Å²) in [6.45, 7) is 0. The molecule has 0 aliphatic heterocycles. The van der Waals surface area contributed by atoms with Crippen LogP contribution in [0.4, 0.5) is 0 Å². The predicted octanol–water partition coefficient (Wildman–Crippen LogP) is 1.69. The van der Waals surface area contributed by atoms with Gasteiger partial charge in [-0.15, -0.1) is 0 Å². The van der Waals surface area contributed by atoms with Crippen LogP contribution in [0.5, 0.6) is 0 Å². The molecule has 1 aromatic rings. The Morgan fingerprint density at radius 1 is 1.00 bits per heavy atom. The van der Waals surface area contributed by atoms with Crippen LogP contribution in [-0.2, 0) is 0 Å². The first-order valence-corrected chi connectivity index (χ1v) is 6.97. The minimum absolute atomic E-state index is 0.706. The zero-order chi connectivity index (χ0) is 11.7. The third kappa shape index (κ3) is 2.70. The van der Waals surface area contributed by atoms with Crippen molar-refractivity contribution in [2.75, 3.05) is 0 Å². The summed E-state index contributed by atoms with van der Waals surface area (Å²) in [6.07, 6.45) is 6.59. The SMILES string of the molecule is [NH3+]C1CCC(NC2CC2c2ccccc2)CC1. The van der Waals surface area contributed by atoms with E-state index < -0.39 is 0 Å². The van der Waals surface area contributed by atoms with Crippen LogP contribution < -0.4 is 11.1 Å². The Kier molecular flexibility index (Phi) is 3.17. The molecule has 17 heavy (non-hydrogen) atoms. The molecule has 4 N–H and O–H groups in total. The lowest BCUT2D eigenvalue weighted by Crippen LogP contribution is -2.62. The summed E-state index contributed by atoms with van der Waals surface area (Å²) in [5, 5.41) is 3.83. The summed E-state index contributed by atoms with van der Waals surface area (Å²) in [7, 11) is 0. The fraction of sp³-hybridized carbons (Fsp3) is 0.600. The largest absolute Gasteiger partial charge is 0.355 e. The minimum atomic E-state index is 0.706. The van der Waals surface area contributed by atoms with Crippen molar-refractivity contribution in [2.45, 2.75) is 56.1 Å². The molecule has 3 rings (SSSR count). The second-order valence-corrected chi connectivity index (χ2v) is 5.74. The highest BCUT2D eigenvalue weighted by molar-refractivity contribution is 5.27. The van der Waals surface area contributed by atoms with Crippen molar-refractivity contribution in [3.05, 3.63) is 35.9 Å². The topological polar surface area (TPSA) is 39.7 Å². The Balaban J connectivity index is 1.49. The van der Waals surface area contributed by atoms with Gasteiger partial charge in [0.2, 0.25) is 0 Å². The normalized spacial score (nSPS) is 36.8. The number of rotatable bonds is 3. The van der Waals surface area contributed by atoms with Crippen molar-refractivity contribution < 1.29 is 5.73 Å². The Labute approximate surface area is 104 Å². The molecular formula is C15H23N2+. The molecule has 2 saturated carbocycles. The summed E-state index contributed by atoms with van der Waals surface area (Å²) in [5.41, 5.74) is 5.67. The van der Waals surface area contributed by atoms with Crippen LogP contribution >= 0.6 is 0 Å². The summed E-state index contributed by atoms with van der Waals surface area (Å²) in [5.74, 6) is 0.772. The molecule has 1 aromatic carbocycles. The van der Waals surface area contributed by atoms with E-state index in [1.165, 1.54) is 37.7 Å². The number of hydrogen-bond acceptors (Lipinski definition) is 1. The number of hydrogen-bond donors (Lipinski definition) is 2. The van der Waals surface area contributed by atoms with E-state index in [9.17, 15) is 0 Å². The predicted molar refractivity (Wildman–Crippen MR) is 69.7 cm³/mol. The molecule has 2 aliphatic rings. The maximum atomic E-state index is 4.16. The van der Waals surface area contributed by atoms with Crippen molar-refractivity contribution in [3.63, 3.8) is 0 Å². The molecule has 2 fully saturated rings. The van der Waals surface area contributed by atoms with Gasteiger partial charge in [-0.1, -0.05) is 30.3 Å². The molecule has 2 unspecified atom stereocenters. The van der Waals surface area contributed by atoms with E-state index in [0.29, 0.717) is 6.04 Å². The van der Waals surface area contributed by atoms with Gasteiger partial charge in [0.05, 0.1) is 6.04 Å². The van der Waals surface area contributed by atoms with Crippen LogP contribution in [0.15, 0.2) is 30.3 Å². The first-order chi connectivity index (χ1) is 8.33. The van der Waals surface area contributed by atoms with E-state index in [-0.39, 0.29) is 0 Å². The van der Waals surface area contributed by atoms with Crippen LogP contribution in [0.1, 0.15) is 43.6 Å². The molecule has 2 aliphatic carbocycles. The molecule has 0 bridgehead atoms. The van der Waals surface area contributed by atoms with E-state index in [1.54, 1.807) is 0 Å². The van der Waals surface area contributed by atoms with Gasteiger partial charge in [0.25, 0.3) is 0 Å². The van der Waals surface area contributed by atoms with Gasteiger partial charge in [-0.3, -0.25) is 0 Å². The Morgan fingerprint density at radius 2 is 1.71 bits per heavy atom. The van der Waals surface area contributed by atoms with Crippen LogP contribution in [0.25, 0.3) is 0 Å². The van der Waals surface area contributed by atoms with Crippen molar-refractivity contribution >= 4 is 0 Å². The lowest BCUT2D eigenvalue weighted by molar-refractivity contribution is -0.425. The lowest BCUT2D eigenvalue weighted by Gasteiger charge is -2.25. The quantitative estimate of drug-likeness (QED) is 0.816. The smallest absolute Gasteiger partial charge is 0.0844 e. The van der Waals surface area contributed by atoms with Gasteiger partial charge in [0, 0.05) is 30.8 Å². The van der Waals surface area contributed by atoms with Gasteiger partial charge in [-0.25, -0.2) is 0 Å². The highest BCUT2D eigenvalue weighted by Crippen LogP contribution is 2.41.